The van der Waals surface area contributed by atoms with E-state index in [1.165, 1.54) is 23.2 Å². The number of Topliss-reactive ketones (excluding diaryl/α,β-unsaturated/α-hetero) is 1. The summed E-state index contributed by atoms with van der Waals surface area (Å²) in [6.07, 6.45) is 5.46. The fourth-order valence-electron chi connectivity index (χ4n) is 5.00. The van der Waals surface area contributed by atoms with Crippen molar-refractivity contribution in [3.05, 3.63) is 50.2 Å². The highest BCUT2D eigenvalue weighted by molar-refractivity contribution is 7.91. The van der Waals surface area contributed by atoms with Crippen LogP contribution < -0.4 is 16.6 Å². The number of hydrogen-bond donors (Lipinski definition) is 1. The molecule has 214 valence electrons. The molecule has 12 heteroatoms. The number of rotatable bonds is 9. The summed E-state index contributed by atoms with van der Waals surface area (Å²) in [6, 6.07) is 5.31. The van der Waals surface area contributed by atoms with Crippen LogP contribution in [-0.4, -0.2) is 44.5 Å². The topological polar surface area (TPSA) is 142 Å². The van der Waals surface area contributed by atoms with Crippen molar-refractivity contribution in [1.29, 1.82) is 0 Å². The van der Waals surface area contributed by atoms with Crippen LogP contribution in [0.15, 0.2) is 32.9 Å². The quantitative estimate of drug-likeness (QED) is 0.380. The Labute approximate surface area is 236 Å². The number of nitrogens with zero attached hydrogens (tertiary/aromatic N) is 4. The zero-order valence-electron chi connectivity index (χ0n) is 23.0. The van der Waals surface area contributed by atoms with Gasteiger partial charge >= 0.3 is 5.69 Å². The van der Waals surface area contributed by atoms with E-state index in [2.05, 4.69) is 22.1 Å². The van der Waals surface area contributed by atoms with E-state index >= 15 is 0 Å². The average molecular weight is 578 g/mol. The molecule has 11 nitrogen and oxygen atoms in total. The molecule has 0 bridgehead atoms. The maximum Gasteiger partial charge on any atom is 0.333 e. The Bertz CT molecular complexity index is 1850. The first-order valence-corrected chi connectivity index (χ1v) is 15.5. The largest absolute Gasteiger partial charge is 0.333 e. The molecule has 2 heterocycles. The van der Waals surface area contributed by atoms with Crippen molar-refractivity contribution in [2.45, 2.75) is 56.6 Å². The molecular weight excluding hydrogens is 546 g/mol. The molecule has 1 amide bonds. The Balaban J connectivity index is 1.35. The first kappa shape index (κ1) is 27.2. The van der Waals surface area contributed by atoms with Crippen LogP contribution in [-0.2, 0) is 46.5 Å². The van der Waals surface area contributed by atoms with E-state index in [1.54, 1.807) is 18.2 Å². The monoisotopic (exact) mass is 577 g/mol. The summed E-state index contributed by atoms with van der Waals surface area (Å²) in [7, 11) is -0.966. The van der Waals surface area contributed by atoms with Crippen LogP contribution in [0.25, 0.3) is 11.2 Å². The van der Waals surface area contributed by atoms with Crippen molar-refractivity contribution < 1.29 is 18.0 Å². The third-order valence-corrected chi connectivity index (χ3v) is 9.67. The zero-order valence-corrected chi connectivity index (χ0v) is 23.8. The van der Waals surface area contributed by atoms with Gasteiger partial charge in [-0.3, -0.25) is 23.5 Å². The van der Waals surface area contributed by atoms with E-state index < -0.39 is 21.1 Å². The Morgan fingerprint density at radius 2 is 1.71 bits per heavy atom. The number of carbonyl (C=O) groups is 2. The predicted molar refractivity (Wildman–Crippen MR) is 151 cm³/mol. The molecule has 3 aliphatic rings. The molecule has 2 aromatic heterocycles. The molecule has 6 rings (SSSR count). The van der Waals surface area contributed by atoms with Crippen LogP contribution in [0.1, 0.15) is 49.7 Å². The maximum absolute atomic E-state index is 13.1. The maximum atomic E-state index is 13.1. The number of fused-ring (bicyclic) bond motifs is 1. The smallest absolute Gasteiger partial charge is 0.326 e. The van der Waals surface area contributed by atoms with Gasteiger partial charge in [-0.25, -0.2) is 13.2 Å². The lowest BCUT2D eigenvalue weighted by Crippen LogP contribution is -2.38. The fourth-order valence-corrected chi connectivity index (χ4v) is 6.84. The minimum atomic E-state index is -3.76. The van der Waals surface area contributed by atoms with Crippen LogP contribution in [0, 0.1) is 29.6 Å². The van der Waals surface area contributed by atoms with Crippen molar-refractivity contribution in [2.75, 3.05) is 11.1 Å². The molecule has 3 saturated carbocycles. The molecule has 0 saturated heterocycles. The number of sulfone groups is 1. The second kappa shape index (κ2) is 10.1. The molecule has 0 radical (unpaired) electrons. The highest BCUT2D eigenvalue weighted by Gasteiger charge is 2.33. The van der Waals surface area contributed by atoms with E-state index in [-0.39, 0.29) is 64.5 Å². The number of nitrogens with one attached hydrogen (secondary N) is 1. The number of imidazole rings is 1. The van der Waals surface area contributed by atoms with Crippen LogP contribution in [0.5, 0.6) is 0 Å². The summed E-state index contributed by atoms with van der Waals surface area (Å²) in [5, 5.41) is 2.68. The van der Waals surface area contributed by atoms with Gasteiger partial charge in [0.2, 0.25) is 20.9 Å². The number of benzene rings is 1. The zero-order chi connectivity index (χ0) is 29.1. The van der Waals surface area contributed by atoms with Crippen molar-refractivity contribution in [3.8, 4) is 11.8 Å². The van der Waals surface area contributed by atoms with E-state index in [0.29, 0.717) is 11.3 Å². The summed E-state index contributed by atoms with van der Waals surface area (Å²) in [6.45, 7) is -0.155. The molecule has 1 aromatic carbocycles. The first-order valence-electron chi connectivity index (χ1n) is 13.9. The number of ketones is 1. The Kier molecular flexibility index (Phi) is 6.72. The lowest BCUT2D eigenvalue weighted by molar-refractivity contribution is -0.119. The molecule has 1 N–H and O–H groups in total. The molecular formula is C29H31N5O6S. The molecule has 0 unspecified atom stereocenters. The minimum Gasteiger partial charge on any atom is -0.326 e. The van der Waals surface area contributed by atoms with Gasteiger partial charge < -0.3 is 9.88 Å². The van der Waals surface area contributed by atoms with E-state index in [4.69, 9.17) is 0 Å². The second-order valence-electron chi connectivity index (χ2n) is 11.5. The third-order valence-electron chi connectivity index (χ3n) is 7.84. The number of amides is 1. The molecule has 3 aliphatic carbocycles. The number of aryl methyl sites for hydroxylation is 1. The average Bonchev–Trinajstić information content (AvgIpc) is 3.77. The second-order valence-corrected chi connectivity index (χ2v) is 13.4. The van der Waals surface area contributed by atoms with Gasteiger partial charge in [-0.1, -0.05) is 11.8 Å². The highest BCUT2D eigenvalue weighted by atomic mass is 32.2. The number of hydrogen-bond acceptors (Lipinski definition) is 7. The summed E-state index contributed by atoms with van der Waals surface area (Å²) in [4.78, 5) is 55.1. The van der Waals surface area contributed by atoms with Crippen LogP contribution >= 0.6 is 0 Å². The van der Waals surface area contributed by atoms with Crippen LogP contribution in [0.2, 0.25) is 0 Å². The molecule has 3 aromatic rings. The van der Waals surface area contributed by atoms with E-state index in [1.807, 2.05) is 0 Å². The van der Waals surface area contributed by atoms with E-state index in [9.17, 15) is 27.6 Å². The Morgan fingerprint density at radius 1 is 1.00 bits per heavy atom. The van der Waals surface area contributed by atoms with Crippen molar-refractivity contribution >= 4 is 38.4 Å². The standard InChI is InChI=1S/C29H31N5O6S/c1-32-24-25(31-28(32)41(39,40)16-17-5-6-17)34(29(38)33(2)27(24)37)11-3-4-18-12-19(15-23(35)20-7-8-20)14-22(13-18)30-26(36)21-9-10-21/h12-14,17,20-21H,5-11,15-16H2,1-2H3,(H,30,36). The van der Waals surface area contributed by atoms with Crippen molar-refractivity contribution in [1.82, 2.24) is 18.7 Å². The minimum absolute atomic E-state index is 0.00827. The fraction of sp³-hybridized carbons (Fsp3) is 0.483. The van der Waals surface area contributed by atoms with Gasteiger partial charge in [-0.05, 0) is 68.2 Å². The summed E-state index contributed by atoms with van der Waals surface area (Å²) in [5.74, 6) is 6.21. The normalized spacial score (nSPS) is 16.8. The van der Waals surface area contributed by atoms with Crippen molar-refractivity contribution in [2.24, 2.45) is 31.8 Å². The summed E-state index contributed by atoms with van der Waals surface area (Å²) >= 11 is 0. The number of aromatic nitrogens is 4. The number of anilines is 1. The van der Waals surface area contributed by atoms with Gasteiger partial charge in [0.15, 0.2) is 11.2 Å². The predicted octanol–water partition coefficient (Wildman–Crippen LogP) is 1.54. The molecule has 0 spiro atoms. The van der Waals surface area contributed by atoms with Gasteiger partial charge in [-0.2, -0.15) is 4.98 Å². The Hall–Kier alpha value is -3.98. The van der Waals surface area contributed by atoms with Crippen LogP contribution in [0.4, 0.5) is 5.69 Å². The third kappa shape index (κ3) is 5.63. The van der Waals surface area contributed by atoms with Gasteiger partial charge in [-0.15, -0.1) is 0 Å². The van der Waals surface area contributed by atoms with E-state index in [0.717, 1.165) is 48.7 Å². The number of carbonyl (C=O) groups excluding carboxylic acids is 2. The molecule has 3 fully saturated rings. The van der Waals surface area contributed by atoms with Gasteiger partial charge in [0.1, 0.15) is 5.78 Å². The van der Waals surface area contributed by atoms with Crippen molar-refractivity contribution in [3.63, 3.8) is 0 Å². The lowest BCUT2D eigenvalue weighted by atomic mass is 10.0. The Morgan fingerprint density at radius 3 is 2.37 bits per heavy atom. The summed E-state index contributed by atoms with van der Waals surface area (Å²) in [5.41, 5.74) is 0.531. The highest BCUT2D eigenvalue weighted by Crippen LogP contribution is 2.33. The van der Waals surface area contributed by atoms with Crippen LogP contribution in [0.3, 0.4) is 0 Å². The van der Waals surface area contributed by atoms with Gasteiger partial charge in [0.05, 0.1) is 12.3 Å². The molecule has 41 heavy (non-hydrogen) atoms. The first-order chi connectivity index (χ1) is 19.5. The molecule has 0 aliphatic heterocycles. The van der Waals surface area contributed by atoms with Gasteiger partial charge in [0.25, 0.3) is 5.56 Å². The molecule has 0 atom stereocenters. The lowest BCUT2D eigenvalue weighted by Gasteiger charge is -2.09. The summed E-state index contributed by atoms with van der Waals surface area (Å²) < 4.78 is 29.4. The van der Waals surface area contributed by atoms with Gasteiger partial charge in [0, 0.05) is 43.6 Å². The SMILES string of the molecule is Cn1c(=O)c2c(nc(S(=O)(=O)CC3CC3)n2C)n(CC#Cc2cc(CC(=O)C3CC3)cc(NC(=O)C3CC3)c2)c1=O.